The Bertz CT molecular complexity index is 1380. The minimum atomic E-state index is -1.16. The molecular weight excluding hydrogens is 928 g/mol. The zero-order chi connectivity index (χ0) is 56.7. The van der Waals surface area contributed by atoms with Crippen LogP contribution >= 0.6 is 0 Å². The van der Waals surface area contributed by atoms with E-state index in [1.54, 1.807) is 27.9 Å². The topological polar surface area (TPSA) is 264 Å². The van der Waals surface area contributed by atoms with E-state index in [0.29, 0.717) is 83.8 Å². The summed E-state index contributed by atoms with van der Waals surface area (Å²) in [5, 5.41) is 47.2. The number of hydrogen-bond donors (Lipinski definition) is 10. The van der Waals surface area contributed by atoms with Crippen LogP contribution in [0.25, 0.3) is 0 Å². The molecule has 0 aromatic rings. The summed E-state index contributed by atoms with van der Waals surface area (Å²) in [6.07, 6.45) is 22.5. The number of unbranched alkanes of at least 4 members (excludes halogenated alkanes) is 16. The Labute approximate surface area is 446 Å². The van der Waals surface area contributed by atoms with Gasteiger partial charge in [-0.25, -0.2) is 4.79 Å². The Morgan fingerprint density at radius 3 is 1.08 bits per heavy atom. The first-order chi connectivity index (χ1) is 35.0. The highest BCUT2D eigenvalue weighted by Crippen LogP contribution is 2.15. The van der Waals surface area contributed by atoms with Crippen LogP contribution in [0.4, 0.5) is 0 Å². The maximum absolute atomic E-state index is 12.7. The normalized spacial score (nSPS) is 11.9. The van der Waals surface area contributed by atoms with E-state index in [0.717, 1.165) is 38.5 Å². The number of carboxylic acids is 2. The van der Waals surface area contributed by atoms with Gasteiger partial charge in [-0.05, 0) is 91.1 Å². The van der Waals surface area contributed by atoms with Gasteiger partial charge >= 0.3 is 11.9 Å². The third-order valence-corrected chi connectivity index (χ3v) is 11.5. The van der Waals surface area contributed by atoms with Crippen molar-refractivity contribution in [2.75, 3.05) is 33.7 Å². The monoisotopic (exact) mass is 1040 g/mol. The van der Waals surface area contributed by atoms with Gasteiger partial charge in [0.15, 0.2) is 15.8 Å². The largest absolute Gasteiger partial charge is 0.513 e. The van der Waals surface area contributed by atoms with Crippen LogP contribution in [0.5, 0.6) is 0 Å². The lowest BCUT2D eigenvalue weighted by atomic mass is 9.92. The maximum atomic E-state index is 12.7. The van der Waals surface area contributed by atoms with Crippen molar-refractivity contribution in [3.05, 3.63) is 12.3 Å². The van der Waals surface area contributed by atoms with Crippen molar-refractivity contribution in [3.63, 3.8) is 0 Å². The summed E-state index contributed by atoms with van der Waals surface area (Å²) in [7, 11) is 13.5. The number of amides is 4. The number of aliphatic carboxylic acids is 2. The lowest BCUT2D eigenvalue weighted by Crippen LogP contribution is -2.44. The Kier molecular flexibility index (Phi) is 62.9. The van der Waals surface area contributed by atoms with E-state index in [4.69, 9.17) is 26.0 Å². The van der Waals surface area contributed by atoms with Gasteiger partial charge in [-0.3, -0.25) is 24.0 Å². The molecule has 4 amide bonds. The number of carbonyl (C=O) groups is 7. The lowest BCUT2D eigenvalue weighted by Gasteiger charge is -2.18. The number of aliphatic hydroxyl groups is 1. The molecule has 4 atom stereocenters. The predicted molar refractivity (Wildman–Crippen MR) is 301 cm³/mol. The minimum Gasteiger partial charge on any atom is -0.513 e. The van der Waals surface area contributed by atoms with Gasteiger partial charge in [0.2, 0.25) is 23.6 Å². The molecule has 10 N–H and O–H groups in total. The molecular formula is C54H107B2N7O10. The number of rotatable bonds is 44. The lowest BCUT2D eigenvalue weighted by molar-refractivity contribution is -0.142. The number of allylic oxidation sites excluding steroid dienone is 1. The molecule has 0 aliphatic heterocycles. The first-order valence-corrected chi connectivity index (χ1v) is 28.0. The van der Waals surface area contributed by atoms with Crippen LogP contribution in [0.1, 0.15) is 229 Å². The maximum Gasteiger partial charge on any atom is 0.326 e. The number of nitrogens with one attached hydrogen (secondary N) is 7. The number of likely N-dealkylation sites (N-methyl/N-ethyl adjacent to an activating group) is 2. The van der Waals surface area contributed by atoms with E-state index < -0.39 is 30.1 Å². The number of aliphatic hydroxyl groups excluding tert-OH is 1. The standard InChI is InChI=1S/C44H82BN7O9.C4H7BO.3C2H6/c1-34(53)24-16-14-12-10-8-6-4-5-7-9-11-13-15-17-28-40(55)51-37(43(58)59)29-30-39(54)48-31-21-18-25-35(46-2)41(56)49-32-22-19-26-36(47-3)42(57)50-33-23-20-27-38(52-45)44(60)61;1-3(2)4(5)6;3*1-2/h35-38,46-47,52-53H,1,4-33H2,2-3H3,(H,48,54)(H,49,56)(H,50,57)(H,51,55)(H,58,59)(H,60,61);3H,1-2H3;3*1-2H3/t35-,36?,37?,38?;;;;/m0..../s1. The number of carbonyl (C=O) groups excluding carboxylic acids is 5. The van der Waals surface area contributed by atoms with Crippen LogP contribution in [0, 0.1) is 5.92 Å². The van der Waals surface area contributed by atoms with E-state index >= 15 is 0 Å². The van der Waals surface area contributed by atoms with Gasteiger partial charge in [0.25, 0.3) is 0 Å². The Hall–Kier alpha value is -3.96. The molecule has 0 spiro atoms. The molecule has 17 nitrogen and oxygen atoms in total. The second-order valence-electron chi connectivity index (χ2n) is 17.7. The van der Waals surface area contributed by atoms with E-state index in [1.165, 1.54) is 51.4 Å². The zero-order valence-corrected chi connectivity index (χ0v) is 47.7. The van der Waals surface area contributed by atoms with E-state index in [1.807, 2.05) is 41.5 Å². The fraction of sp³-hybridized carbons (Fsp3) is 0.833. The highest BCUT2D eigenvalue weighted by Gasteiger charge is 2.21. The molecule has 0 bridgehead atoms. The van der Waals surface area contributed by atoms with E-state index in [2.05, 4.69) is 43.7 Å². The molecule has 0 heterocycles. The minimum absolute atomic E-state index is 0.00492. The van der Waals surface area contributed by atoms with Gasteiger partial charge in [0.05, 0.1) is 29.6 Å². The summed E-state index contributed by atoms with van der Waals surface area (Å²) in [5.74, 6) is -2.73. The van der Waals surface area contributed by atoms with E-state index in [-0.39, 0.29) is 66.3 Å². The summed E-state index contributed by atoms with van der Waals surface area (Å²) < 4.78 is 0. The summed E-state index contributed by atoms with van der Waals surface area (Å²) in [4.78, 5) is 82.7. The fourth-order valence-electron chi connectivity index (χ4n) is 7.03. The van der Waals surface area contributed by atoms with Gasteiger partial charge in [-0.2, -0.15) is 0 Å². The molecule has 0 aliphatic carbocycles. The Balaban J connectivity index is -0.00000116. The smallest absolute Gasteiger partial charge is 0.326 e. The Morgan fingerprint density at radius 1 is 0.438 bits per heavy atom. The van der Waals surface area contributed by atoms with Crippen molar-refractivity contribution in [2.24, 2.45) is 5.92 Å². The van der Waals surface area contributed by atoms with Gasteiger partial charge in [-0.15, -0.1) is 0 Å². The van der Waals surface area contributed by atoms with Crippen LogP contribution < -0.4 is 37.1 Å². The fourth-order valence-corrected chi connectivity index (χ4v) is 7.03. The summed E-state index contributed by atoms with van der Waals surface area (Å²) in [6, 6.07) is -2.69. The van der Waals surface area contributed by atoms with Crippen molar-refractivity contribution in [2.45, 2.75) is 253 Å². The van der Waals surface area contributed by atoms with Crippen LogP contribution in [0.15, 0.2) is 12.3 Å². The third-order valence-electron chi connectivity index (χ3n) is 11.5. The highest BCUT2D eigenvalue weighted by atomic mass is 16.4. The molecule has 0 saturated carbocycles. The number of hydrogen-bond acceptors (Lipinski definition) is 11. The van der Waals surface area contributed by atoms with Crippen LogP contribution in [0.2, 0.25) is 0 Å². The molecule has 0 fully saturated rings. The van der Waals surface area contributed by atoms with Crippen molar-refractivity contribution in [1.29, 1.82) is 0 Å². The molecule has 0 saturated heterocycles. The second-order valence-corrected chi connectivity index (χ2v) is 17.7. The summed E-state index contributed by atoms with van der Waals surface area (Å²) in [5.41, 5.74) is -0.241. The van der Waals surface area contributed by atoms with Crippen molar-refractivity contribution in [3.8, 4) is 0 Å². The molecule has 0 aliphatic rings. The van der Waals surface area contributed by atoms with Crippen molar-refractivity contribution >= 4 is 57.1 Å². The average molecular weight is 1040 g/mol. The molecule has 0 aromatic carbocycles. The van der Waals surface area contributed by atoms with Gasteiger partial charge in [0.1, 0.15) is 6.04 Å². The third kappa shape index (κ3) is 54.1. The summed E-state index contributed by atoms with van der Waals surface area (Å²) >= 11 is 0. The Morgan fingerprint density at radius 2 is 0.767 bits per heavy atom. The van der Waals surface area contributed by atoms with Crippen LogP contribution in [0.3, 0.4) is 0 Å². The molecule has 0 rings (SSSR count). The molecule has 3 unspecified atom stereocenters. The summed E-state index contributed by atoms with van der Waals surface area (Å²) in [6.45, 7) is 20.3. The molecule has 73 heavy (non-hydrogen) atoms. The zero-order valence-electron chi connectivity index (χ0n) is 47.7. The second kappa shape index (κ2) is 58.9. The molecule has 424 valence electrons. The molecule has 19 heteroatoms. The highest BCUT2D eigenvalue weighted by molar-refractivity contribution is 6.58. The predicted octanol–water partition coefficient (Wildman–Crippen LogP) is 8.23. The van der Waals surface area contributed by atoms with Crippen LogP contribution in [-0.2, 0) is 33.6 Å². The van der Waals surface area contributed by atoms with Gasteiger partial charge in [0, 0.05) is 44.8 Å². The number of carboxylic acid groups (broad SMARTS) is 2. The van der Waals surface area contributed by atoms with Gasteiger partial charge < -0.3 is 57.2 Å². The van der Waals surface area contributed by atoms with Crippen LogP contribution in [-0.4, -0.2) is 130 Å². The molecule has 4 radical (unpaired) electrons. The molecule has 0 aromatic heterocycles. The van der Waals surface area contributed by atoms with Crippen molar-refractivity contribution < 1.29 is 48.9 Å². The average Bonchev–Trinajstić information content (AvgIpc) is 3.37. The SMILES string of the molecule is CC.CC.CC.[B]C(=O)C(C)C.[B]NC(CCCCNC(=O)C(CCCCNC(=O)[C@H](CCCCNC(=O)CCC(NC(=O)CCCCCCCCCCCCCCCCC(=C)O)C(=O)O)NC)NC)C(=O)O. The van der Waals surface area contributed by atoms with E-state index in [9.17, 15) is 38.7 Å². The quantitative estimate of drug-likeness (QED) is 0.0157. The first-order valence-electron chi connectivity index (χ1n) is 28.0. The first kappa shape index (κ1) is 77.9. The van der Waals surface area contributed by atoms with Gasteiger partial charge in [-0.1, -0.05) is 139 Å². The van der Waals surface area contributed by atoms with Crippen molar-refractivity contribution in [1.82, 2.24) is 37.1 Å².